The van der Waals surface area contributed by atoms with Gasteiger partial charge in [-0.3, -0.25) is 0 Å². The van der Waals surface area contributed by atoms with Gasteiger partial charge in [0.1, 0.15) is 4.99 Å². The first-order chi connectivity index (χ1) is 9.70. The Bertz CT molecular complexity index is 680. The van der Waals surface area contributed by atoms with Crippen molar-refractivity contribution < 1.29 is 0 Å². The second kappa shape index (κ2) is 5.46. The van der Waals surface area contributed by atoms with E-state index < -0.39 is 0 Å². The van der Waals surface area contributed by atoms with Gasteiger partial charge in [-0.1, -0.05) is 42.2 Å². The van der Waals surface area contributed by atoms with Crippen molar-refractivity contribution in [2.24, 2.45) is 0 Å². The molecule has 4 heteroatoms. The number of hydrogen-bond donors (Lipinski definition) is 2. The van der Waals surface area contributed by atoms with Gasteiger partial charge in [0.25, 0.3) is 0 Å². The summed E-state index contributed by atoms with van der Waals surface area (Å²) in [6, 6.07) is 12.6. The number of nitrogens with one attached hydrogen (secondary N) is 2. The minimum absolute atomic E-state index is 0.818. The molecule has 0 saturated heterocycles. The molecule has 0 bridgehead atoms. The van der Waals surface area contributed by atoms with E-state index in [2.05, 4.69) is 60.9 Å². The van der Waals surface area contributed by atoms with E-state index in [-0.39, 0.29) is 0 Å². The summed E-state index contributed by atoms with van der Waals surface area (Å²) in [7, 11) is 0. The third-order valence-electron chi connectivity index (χ3n) is 3.38. The Hall–Kier alpha value is -1.52. The Morgan fingerprint density at radius 2 is 2.00 bits per heavy atom. The fraction of sp³-hybridized carbons (Fsp3) is 0.188. The van der Waals surface area contributed by atoms with Gasteiger partial charge in [0.05, 0.1) is 11.4 Å². The van der Waals surface area contributed by atoms with E-state index in [0.29, 0.717) is 0 Å². The zero-order valence-corrected chi connectivity index (χ0v) is 13.1. The first-order valence-electron chi connectivity index (χ1n) is 6.66. The second-order valence-electron chi connectivity index (χ2n) is 4.69. The highest BCUT2D eigenvalue weighted by atomic mass is 32.2. The average molecular weight is 300 g/mol. The van der Waals surface area contributed by atoms with Crippen LogP contribution in [0, 0.1) is 6.92 Å². The molecule has 102 valence electrons. The summed E-state index contributed by atoms with van der Waals surface area (Å²) in [5, 5.41) is 6.76. The van der Waals surface area contributed by atoms with Crippen LogP contribution in [0.4, 0.5) is 11.4 Å². The molecule has 0 radical (unpaired) electrons. The zero-order chi connectivity index (χ0) is 14.1. The Morgan fingerprint density at radius 1 is 1.20 bits per heavy atom. The molecule has 3 rings (SSSR count). The van der Waals surface area contributed by atoms with Crippen LogP contribution in [0.1, 0.15) is 18.1 Å². The van der Waals surface area contributed by atoms with E-state index in [0.717, 1.165) is 17.1 Å². The fourth-order valence-corrected chi connectivity index (χ4v) is 3.76. The van der Waals surface area contributed by atoms with Crippen molar-refractivity contribution in [3.63, 3.8) is 0 Å². The van der Waals surface area contributed by atoms with E-state index in [1.165, 1.54) is 26.7 Å². The van der Waals surface area contributed by atoms with Gasteiger partial charge in [-0.05, 0) is 37.6 Å². The number of rotatable bonds is 2. The lowest BCUT2D eigenvalue weighted by Crippen LogP contribution is -2.22. The van der Waals surface area contributed by atoms with Crippen LogP contribution >= 0.6 is 24.0 Å². The molecule has 0 atom stereocenters. The summed E-state index contributed by atoms with van der Waals surface area (Å²) in [4.78, 5) is 3.34. The van der Waals surface area contributed by atoms with Crippen LogP contribution in [0.2, 0.25) is 0 Å². The quantitative estimate of drug-likeness (QED) is 0.681. The van der Waals surface area contributed by atoms with Crippen LogP contribution in [0.5, 0.6) is 0 Å². The van der Waals surface area contributed by atoms with Crippen molar-refractivity contribution in [2.75, 3.05) is 11.9 Å². The minimum atomic E-state index is 0.818. The molecule has 2 nitrogen and oxygen atoms in total. The van der Waals surface area contributed by atoms with Gasteiger partial charge in [0.2, 0.25) is 0 Å². The van der Waals surface area contributed by atoms with E-state index >= 15 is 0 Å². The minimum Gasteiger partial charge on any atom is -0.376 e. The second-order valence-corrected chi connectivity index (χ2v) is 6.19. The normalized spacial score (nSPS) is 12.1. The summed E-state index contributed by atoms with van der Waals surface area (Å²) >= 11 is 7.25. The molecule has 2 aromatic carbocycles. The van der Waals surface area contributed by atoms with Crippen LogP contribution < -0.4 is 10.6 Å². The lowest BCUT2D eigenvalue weighted by Gasteiger charge is -2.24. The smallest absolute Gasteiger partial charge is 0.106 e. The molecule has 0 spiro atoms. The SMILES string of the molecule is CCNC(=S)c1ccc2c(c1C)Nc1ccccc1S2. The van der Waals surface area contributed by atoms with Gasteiger partial charge in [-0.2, -0.15) is 0 Å². The maximum absolute atomic E-state index is 5.44. The fourth-order valence-electron chi connectivity index (χ4n) is 2.34. The highest BCUT2D eigenvalue weighted by molar-refractivity contribution is 7.99. The van der Waals surface area contributed by atoms with Gasteiger partial charge in [-0.15, -0.1) is 0 Å². The molecule has 2 aromatic rings. The predicted molar refractivity (Wildman–Crippen MR) is 90.4 cm³/mol. The third kappa shape index (κ3) is 2.30. The summed E-state index contributed by atoms with van der Waals surface area (Å²) in [5.41, 5.74) is 4.65. The highest BCUT2D eigenvalue weighted by Gasteiger charge is 2.19. The van der Waals surface area contributed by atoms with Gasteiger partial charge in [0.15, 0.2) is 0 Å². The van der Waals surface area contributed by atoms with E-state index in [1.807, 2.05) is 0 Å². The standard InChI is InChI=1S/C16H16N2S2/c1-3-17-16(19)11-8-9-14-15(10(11)2)18-12-6-4-5-7-13(12)20-14/h4-9,18H,3H2,1-2H3,(H,17,19). The Morgan fingerprint density at radius 3 is 2.80 bits per heavy atom. The van der Waals surface area contributed by atoms with Gasteiger partial charge in [-0.25, -0.2) is 0 Å². The lowest BCUT2D eigenvalue weighted by molar-refractivity contribution is 0.981. The third-order valence-corrected chi connectivity index (χ3v) is 4.88. The highest BCUT2D eigenvalue weighted by Crippen LogP contribution is 2.45. The number of thiocarbonyl (C=S) groups is 1. The van der Waals surface area contributed by atoms with E-state index in [1.54, 1.807) is 11.8 Å². The molecule has 2 N–H and O–H groups in total. The van der Waals surface area contributed by atoms with E-state index in [9.17, 15) is 0 Å². The van der Waals surface area contributed by atoms with Crippen molar-refractivity contribution in [2.45, 2.75) is 23.6 Å². The van der Waals surface area contributed by atoms with Crippen molar-refractivity contribution in [3.8, 4) is 0 Å². The summed E-state index contributed by atoms with van der Waals surface area (Å²) in [6.45, 7) is 5.03. The van der Waals surface area contributed by atoms with Crippen molar-refractivity contribution in [1.29, 1.82) is 0 Å². The van der Waals surface area contributed by atoms with Crippen LogP contribution in [0.3, 0.4) is 0 Å². The average Bonchev–Trinajstić information content (AvgIpc) is 2.46. The molecule has 0 amide bonds. The molecular weight excluding hydrogens is 284 g/mol. The summed E-state index contributed by atoms with van der Waals surface area (Å²) < 4.78 is 0. The van der Waals surface area contributed by atoms with E-state index in [4.69, 9.17) is 12.2 Å². The molecule has 0 saturated carbocycles. The molecule has 0 aliphatic carbocycles. The number of fused-ring (bicyclic) bond motifs is 2. The molecule has 1 heterocycles. The Balaban J connectivity index is 2.03. The Labute approximate surface area is 129 Å². The van der Waals surface area contributed by atoms with Gasteiger partial charge in [0, 0.05) is 21.9 Å². The number of para-hydroxylation sites is 1. The first-order valence-corrected chi connectivity index (χ1v) is 7.89. The molecular formula is C16H16N2S2. The maximum atomic E-state index is 5.44. The summed E-state index contributed by atoms with van der Waals surface area (Å²) in [6.07, 6.45) is 0. The van der Waals surface area contributed by atoms with Crippen LogP contribution in [0.15, 0.2) is 46.2 Å². The van der Waals surface area contributed by atoms with Gasteiger partial charge < -0.3 is 10.6 Å². The summed E-state index contributed by atoms with van der Waals surface area (Å²) in [5.74, 6) is 0. The molecule has 0 aromatic heterocycles. The van der Waals surface area contributed by atoms with Crippen LogP contribution in [-0.4, -0.2) is 11.5 Å². The first kappa shape index (κ1) is 13.5. The predicted octanol–water partition coefficient (Wildman–Crippen LogP) is 4.49. The molecule has 1 aliphatic heterocycles. The molecule has 20 heavy (non-hydrogen) atoms. The van der Waals surface area contributed by atoms with Gasteiger partial charge >= 0.3 is 0 Å². The van der Waals surface area contributed by atoms with Crippen LogP contribution in [-0.2, 0) is 0 Å². The zero-order valence-electron chi connectivity index (χ0n) is 11.5. The molecule has 0 fully saturated rings. The van der Waals surface area contributed by atoms with Crippen molar-refractivity contribution >= 4 is 40.3 Å². The topological polar surface area (TPSA) is 24.1 Å². The van der Waals surface area contributed by atoms with Crippen LogP contribution in [0.25, 0.3) is 0 Å². The lowest BCUT2D eigenvalue weighted by atomic mass is 10.1. The molecule has 0 unspecified atom stereocenters. The number of anilines is 2. The largest absolute Gasteiger partial charge is 0.376 e. The monoisotopic (exact) mass is 300 g/mol. The van der Waals surface area contributed by atoms with Crippen molar-refractivity contribution in [3.05, 3.63) is 47.5 Å². The van der Waals surface area contributed by atoms with Crippen molar-refractivity contribution in [1.82, 2.24) is 5.32 Å². The Kier molecular flexibility index (Phi) is 3.68. The maximum Gasteiger partial charge on any atom is 0.106 e. The number of hydrogen-bond acceptors (Lipinski definition) is 3. The number of benzene rings is 2. The molecule has 1 aliphatic rings.